The molecule has 4 N–H and O–H groups in total. The fourth-order valence-corrected chi connectivity index (χ4v) is 1.42. The van der Waals surface area contributed by atoms with Crippen molar-refractivity contribution >= 4 is 17.4 Å². The van der Waals surface area contributed by atoms with E-state index in [1.54, 1.807) is 11.8 Å². The van der Waals surface area contributed by atoms with E-state index in [1.165, 1.54) is 4.90 Å². The zero-order valence-electron chi connectivity index (χ0n) is 6.29. The molecule has 0 saturated heterocycles. The summed E-state index contributed by atoms with van der Waals surface area (Å²) in [5, 5.41) is 0. The van der Waals surface area contributed by atoms with Gasteiger partial charge in [-0.05, 0) is 24.3 Å². The van der Waals surface area contributed by atoms with Crippen LogP contribution >= 0.6 is 11.8 Å². The van der Waals surface area contributed by atoms with E-state index >= 15 is 0 Å². The molecule has 1 aromatic carbocycles. The van der Waals surface area contributed by atoms with Gasteiger partial charge in [-0.15, -0.1) is 11.8 Å². The van der Waals surface area contributed by atoms with Crippen LogP contribution in [-0.2, 0) is 0 Å². The van der Waals surface area contributed by atoms with Gasteiger partial charge in [-0.25, -0.2) is 0 Å². The highest BCUT2D eigenvalue weighted by molar-refractivity contribution is 7.99. The van der Waals surface area contributed by atoms with Gasteiger partial charge in [0.2, 0.25) is 0 Å². The van der Waals surface area contributed by atoms with Gasteiger partial charge in [0.15, 0.2) is 0 Å². The molecule has 0 atom stereocenters. The van der Waals surface area contributed by atoms with Crippen molar-refractivity contribution in [2.45, 2.75) is 4.90 Å². The minimum Gasteiger partial charge on any atom is -0.399 e. The molecular formula is C8H12N2S. The summed E-state index contributed by atoms with van der Waals surface area (Å²) in [7, 11) is 0. The Morgan fingerprint density at radius 1 is 1.18 bits per heavy atom. The summed E-state index contributed by atoms with van der Waals surface area (Å²) in [6, 6.07) is 7.82. The molecule has 0 heterocycles. The van der Waals surface area contributed by atoms with Gasteiger partial charge in [0.05, 0.1) is 0 Å². The number of benzene rings is 1. The van der Waals surface area contributed by atoms with E-state index in [0.29, 0.717) is 0 Å². The lowest BCUT2D eigenvalue weighted by Crippen LogP contribution is -2.00. The molecule has 60 valence electrons. The van der Waals surface area contributed by atoms with E-state index in [4.69, 9.17) is 11.5 Å². The van der Waals surface area contributed by atoms with Crippen molar-refractivity contribution in [2.75, 3.05) is 18.0 Å². The summed E-state index contributed by atoms with van der Waals surface area (Å²) >= 11 is 1.75. The van der Waals surface area contributed by atoms with E-state index in [1.807, 2.05) is 24.3 Å². The number of anilines is 1. The van der Waals surface area contributed by atoms with Crippen LogP contribution in [0.15, 0.2) is 29.2 Å². The first-order valence-electron chi connectivity index (χ1n) is 3.51. The average molecular weight is 168 g/mol. The van der Waals surface area contributed by atoms with Gasteiger partial charge < -0.3 is 11.5 Å². The molecular weight excluding hydrogens is 156 g/mol. The molecule has 0 saturated carbocycles. The normalized spacial score (nSPS) is 9.91. The second kappa shape index (κ2) is 4.26. The van der Waals surface area contributed by atoms with E-state index < -0.39 is 0 Å². The number of hydrogen-bond donors (Lipinski definition) is 2. The third-order valence-corrected chi connectivity index (χ3v) is 2.31. The van der Waals surface area contributed by atoms with Crippen LogP contribution in [0.2, 0.25) is 0 Å². The molecule has 0 aliphatic carbocycles. The molecule has 11 heavy (non-hydrogen) atoms. The van der Waals surface area contributed by atoms with E-state index in [2.05, 4.69) is 0 Å². The quantitative estimate of drug-likeness (QED) is 0.528. The van der Waals surface area contributed by atoms with Crippen molar-refractivity contribution in [1.82, 2.24) is 0 Å². The van der Waals surface area contributed by atoms with Crippen molar-refractivity contribution in [3.05, 3.63) is 24.3 Å². The van der Waals surface area contributed by atoms with Crippen molar-refractivity contribution in [3.63, 3.8) is 0 Å². The summed E-state index contributed by atoms with van der Waals surface area (Å²) in [5.74, 6) is 0.962. The third kappa shape index (κ3) is 2.82. The minimum absolute atomic E-state index is 0.717. The molecule has 3 heteroatoms. The maximum absolute atomic E-state index is 5.52. The molecule has 0 spiro atoms. The standard InChI is InChI=1S/C8H12N2S/c9-5-6-11-8-3-1-7(10)2-4-8/h1-4H,5-6,9-10H2. The number of thioether (sulfide) groups is 1. The maximum Gasteiger partial charge on any atom is 0.0314 e. The molecule has 0 unspecified atom stereocenters. The van der Waals surface area contributed by atoms with Crippen LogP contribution in [0, 0.1) is 0 Å². The lowest BCUT2D eigenvalue weighted by Gasteiger charge is -1.98. The maximum atomic E-state index is 5.52. The topological polar surface area (TPSA) is 52.0 Å². The van der Waals surface area contributed by atoms with Crippen LogP contribution in [0.5, 0.6) is 0 Å². The monoisotopic (exact) mass is 168 g/mol. The molecule has 1 rings (SSSR count). The largest absolute Gasteiger partial charge is 0.399 e. The van der Waals surface area contributed by atoms with Gasteiger partial charge in [0.25, 0.3) is 0 Å². The van der Waals surface area contributed by atoms with Crippen LogP contribution in [0.3, 0.4) is 0 Å². The van der Waals surface area contributed by atoms with Crippen LogP contribution in [-0.4, -0.2) is 12.3 Å². The first kappa shape index (κ1) is 8.43. The van der Waals surface area contributed by atoms with E-state index in [-0.39, 0.29) is 0 Å². The predicted octanol–water partition coefficient (Wildman–Crippen LogP) is 1.32. The highest BCUT2D eigenvalue weighted by Gasteiger charge is 1.90. The van der Waals surface area contributed by atoms with Gasteiger partial charge in [0, 0.05) is 22.9 Å². The Labute approximate surface area is 71.0 Å². The summed E-state index contributed by atoms with van der Waals surface area (Å²) in [5.41, 5.74) is 11.7. The lowest BCUT2D eigenvalue weighted by atomic mass is 10.3. The second-order valence-corrected chi connectivity index (χ2v) is 3.37. The predicted molar refractivity (Wildman–Crippen MR) is 50.6 cm³/mol. The Morgan fingerprint density at radius 3 is 2.36 bits per heavy atom. The fraction of sp³-hybridized carbons (Fsp3) is 0.250. The number of nitrogens with two attached hydrogens (primary N) is 2. The minimum atomic E-state index is 0.717. The zero-order valence-corrected chi connectivity index (χ0v) is 7.10. The lowest BCUT2D eigenvalue weighted by molar-refractivity contribution is 1.15. The Kier molecular flexibility index (Phi) is 3.26. The number of nitrogen functional groups attached to an aromatic ring is 1. The van der Waals surface area contributed by atoms with Crippen molar-refractivity contribution in [2.24, 2.45) is 5.73 Å². The highest BCUT2D eigenvalue weighted by atomic mass is 32.2. The number of rotatable bonds is 3. The first-order chi connectivity index (χ1) is 5.33. The van der Waals surface area contributed by atoms with Gasteiger partial charge in [0.1, 0.15) is 0 Å². The molecule has 0 radical (unpaired) electrons. The molecule has 2 nitrogen and oxygen atoms in total. The molecule has 0 aromatic heterocycles. The SMILES string of the molecule is NCCSc1ccc(N)cc1. The van der Waals surface area contributed by atoms with Crippen molar-refractivity contribution in [1.29, 1.82) is 0 Å². The third-order valence-electron chi connectivity index (χ3n) is 1.27. The van der Waals surface area contributed by atoms with Crippen LogP contribution in [0.1, 0.15) is 0 Å². The van der Waals surface area contributed by atoms with E-state index in [9.17, 15) is 0 Å². The van der Waals surface area contributed by atoms with Crippen LogP contribution in [0.25, 0.3) is 0 Å². The zero-order chi connectivity index (χ0) is 8.10. The Morgan fingerprint density at radius 2 is 1.82 bits per heavy atom. The number of hydrogen-bond acceptors (Lipinski definition) is 3. The molecule has 1 aromatic rings. The van der Waals surface area contributed by atoms with E-state index in [0.717, 1.165) is 18.0 Å². The average Bonchev–Trinajstić information content (AvgIpc) is 2.04. The molecule has 0 bridgehead atoms. The smallest absolute Gasteiger partial charge is 0.0314 e. The second-order valence-electron chi connectivity index (χ2n) is 2.21. The van der Waals surface area contributed by atoms with Crippen molar-refractivity contribution < 1.29 is 0 Å². The first-order valence-corrected chi connectivity index (χ1v) is 4.50. The van der Waals surface area contributed by atoms with Crippen LogP contribution in [0.4, 0.5) is 5.69 Å². The van der Waals surface area contributed by atoms with Gasteiger partial charge in [-0.2, -0.15) is 0 Å². The summed E-state index contributed by atoms with van der Waals surface area (Å²) < 4.78 is 0. The Bertz CT molecular complexity index is 208. The van der Waals surface area contributed by atoms with Gasteiger partial charge >= 0.3 is 0 Å². The van der Waals surface area contributed by atoms with Gasteiger partial charge in [-0.3, -0.25) is 0 Å². The molecule has 0 fully saturated rings. The Balaban J connectivity index is 2.52. The highest BCUT2D eigenvalue weighted by Crippen LogP contribution is 2.17. The Hall–Kier alpha value is -0.670. The van der Waals surface area contributed by atoms with Crippen LogP contribution < -0.4 is 11.5 Å². The molecule has 0 aliphatic rings. The summed E-state index contributed by atoms with van der Waals surface area (Å²) in [6.07, 6.45) is 0. The summed E-state index contributed by atoms with van der Waals surface area (Å²) in [4.78, 5) is 1.23. The fourth-order valence-electron chi connectivity index (χ4n) is 0.741. The summed E-state index contributed by atoms with van der Waals surface area (Å²) in [6.45, 7) is 0.717. The van der Waals surface area contributed by atoms with Gasteiger partial charge in [-0.1, -0.05) is 0 Å². The molecule has 0 aliphatic heterocycles. The molecule has 0 amide bonds. The van der Waals surface area contributed by atoms with Crippen molar-refractivity contribution in [3.8, 4) is 0 Å².